The van der Waals surface area contributed by atoms with E-state index in [1.165, 1.54) is 0 Å². The fourth-order valence-electron chi connectivity index (χ4n) is 1.54. The Hall–Kier alpha value is -1.23. The van der Waals surface area contributed by atoms with E-state index in [9.17, 15) is 4.79 Å². The van der Waals surface area contributed by atoms with Crippen molar-refractivity contribution in [3.63, 3.8) is 0 Å². The highest BCUT2D eigenvalue weighted by atomic mass is 16.1. The van der Waals surface area contributed by atoms with Crippen LogP contribution in [0.15, 0.2) is 11.8 Å². The summed E-state index contributed by atoms with van der Waals surface area (Å²) in [5, 5.41) is 0. The average Bonchev–Trinajstić information content (AvgIpc) is 2.51. The standard InChI is InChI=1S/C11H15NO/c1-3-7-12(8-4-2)10-5-6-11(13)9-10/h1,9H,4-8H2,2H3. The molecule has 0 aliphatic heterocycles. The SMILES string of the molecule is C#CCN(CCC)C1=CC(=O)CC1. The van der Waals surface area contributed by atoms with Crippen LogP contribution in [0.1, 0.15) is 26.2 Å². The van der Waals surface area contributed by atoms with Crippen molar-refractivity contribution in [3.8, 4) is 12.3 Å². The smallest absolute Gasteiger partial charge is 0.157 e. The molecule has 0 N–H and O–H groups in total. The van der Waals surface area contributed by atoms with Crippen LogP contribution < -0.4 is 0 Å². The van der Waals surface area contributed by atoms with Gasteiger partial charge >= 0.3 is 0 Å². The molecule has 0 aromatic heterocycles. The Morgan fingerprint density at radius 3 is 2.85 bits per heavy atom. The molecular formula is C11H15NO. The third kappa shape index (κ3) is 2.62. The van der Waals surface area contributed by atoms with Crippen LogP contribution >= 0.6 is 0 Å². The second-order valence-corrected chi connectivity index (χ2v) is 3.23. The first-order valence-electron chi connectivity index (χ1n) is 4.69. The van der Waals surface area contributed by atoms with Crippen LogP contribution in [0.3, 0.4) is 0 Å². The number of allylic oxidation sites excluding steroid dienone is 2. The van der Waals surface area contributed by atoms with E-state index in [4.69, 9.17) is 6.42 Å². The third-order valence-electron chi connectivity index (χ3n) is 2.14. The Morgan fingerprint density at radius 1 is 1.62 bits per heavy atom. The predicted octanol–water partition coefficient (Wildman–Crippen LogP) is 1.58. The van der Waals surface area contributed by atoms with Crippen LogP contribution in [0.4, 0.5) is 0 Å². The minimum Gasteiger partial charge on any atom is -0.364 e. The first-order chi connectivity index (χ1) is 6.27. The summed E-state index contributed by atoms with van der Waals surface area (Å²) in [6, 6.07) is 0. The van der Waals surface area contributed by atoms with Crippen molar-refractivity contribution < 1.29 is 4.79 Å². The van der Waals surface area contributed by atoms with E-state index in [1.807, 2.05) is 0 Å². The minimum absolute atomic E-state index is 0.230. The van der Waals surface area contributed by atoms with E-state index in [2.05, 4.69) is 17.7 Å². The molecule has 0 saturated heterocycles. The maximum absolute atomic E-state index is 11.0. The van der Waals surface area contributed by atoms with Gasteiger partial charge in [0.25, 0.3) is 0 Å². The maximum Gasteiger partial charge on any atom is 0.157 e. The van der Waals surface area contributed by atoms with Crippen LogP contribution in [0, 0.1) is 12.3 Å². The molecule has 0 spiro atoms. The highest BCUT2D eigenvalue weighted by molar-refractivity contribution is 5.92. The van der Waals surface area contributed by atoms with Crippen molar-refractivity contribution >= 4 is 5.78 Å². The van der Waals surface area contributed by atoms with Crippen LogP contribution in [0.2, 0.25) is 0 Å². The Bertz CT molecular complexity index is 260. The van der Waals surface area contributed by atoms with E-state index in [0.29, 0.717) is 13.0 Å². The van der Waals surface area contributed by atoms with Gasteiger partial charge in [-0.05, 0) is 12.8 Å². The van der Waals surface area contributed by atoms with E-state index in [-0.39, 0.29) is 5.78 Å². The van der Waals surface area contributed by atoms with Crippen molar-refractivity contribution in [2.45, 2.75) is 26.2 Å². The zero-order valence-electron chi connectivity index (χ0n) is 8.05. The van der Waals surface area contributed by atoms with E-state index in [0.717, 1.165) is 25.1 Å². The largest absolute Gasteiger partial charge is 0.364 e. The Kier molecular flexibility index (Phi) is 3.57. The van der Waals surface area contributed by atoms with Gasteiger partial charge in [0.2, 0.25) is 0 Å². The first kappa shape index (κ1) is 9.85. The number of carbonyl (C=O) groups is 1. The van der Waals surface area contributed by atoms with E-state index < -0.39 is 0 Å². The normalized spacial score (nSPS) is 15.4. The quantitative estimate of drug-likeness (QED) is 0.608. The van der Waals surface area contributed by atoms with Crippen molar-refractivity contribution in [2.24, 2.45) is 0 Å². The number of hydrogen-bond acceptors (Lipinski definition) is 2. The van der Waals surface area contributed by atoms with Gasteiger partial charge in [-0.15, -0.1) is 6.42 Å². The van der Waals surface area contributed by atoms with Gasteiger partial charge in [0.05, 0.1) is 6.54 Å². The van der Waals surface area contributed by atoms with Gasteiger partial charge in [0.15, 0.2) is 5.78 Å². The Morgan fingerprint density at radius 2 is 2.38 bits per heavy atom. The van der Waals surface area contributed by atoms with Gasteiger partial charge in [0, 0.05) is 24.7 Å². The van der Waals surface area contributed by atoms with Gasteiger partial charge in [-0.25, -0.2) is 0 Å². The topological polar surface area (TPSA) is 20.3 Å². The van der Waals surface area contributed by atoms with Crippen molar-refractivity contribution in [1.82, 2.24) is 4.90 Å². The molecule has 1 aliphatic carbocycles. The molecular weight excluding hydrogens is 162 g/mol. The summed E-state index contributed by atoms with van der Waals surface area (Å²) in [6.07, 6.45) is 9.56. The lowest BCUT2D eigenvalue weighted by Crippen LogP contribution is -2.23. The summed E-state index contributed by atoms with van der Waals surface area (Å²) >= 11 is 0. The zero-order chi connectivity index (χ0) is 9.68. The van der Waals surface area contributed by atoms with E-state index >= 15 is 0 Å². The lowest BCUT2D eigenvalue weighted by Gasteiger charge is -2.22. The molecule has 0 saturated carbocycles. The maximum atomic E-state index is 11.0. The molecule has 0 atom stereocenters. The number of hydrogen-bond donors (Lipinski definition) is 0. The second-order valence-electron chi connectivity index (χ2n) is 3.23. The van der Waals surface area contributed by atoms with Crippen molar-refractivity contribution in [3.05, 3.63) is 11.8 Å². The highest BCUT2D eigenvalue weighted by Gasteiger charge is 2.16. The number of terminal acetylenes is 1. The van der Waals surface area contributed by atoms with Crippen LogP contribution in [-0.4, -0.2) is 23.8 Å². The van der Waals surface area contributed by atoms with E-state index in [1.54, 1.807) is 6.08 Å². The summed E-state index contributed by atoms with van der Waals surface area (Å²) in [5.41, 5.74) is 1.12. The number of rotatable bonds is 4. The van der Waals surface area contributed by atoms with Gasteiger partial charge in [-0.3, -0.25) is 4.79 Å². The second kappa shape index (κ2) is 4.71. The van der Waals surface area contributed by atoms with Gasteiger partial charge in [-0.2, -0.15) is 0 Å². The molecule has 0 aromatic rings. The molecule has 0 fully saturated rings. The Balaban J connectivity index is 2.59. The molecule has 0 bridgehead atoms. The van der Waals surface area contributed by atoms with Gasteiger partial charge < -0.3 is 4.90 Å². The van der Waals surface area contributed by atoms with Crippen molar-refractivity contribution in [2.75, 3.05) is 13.1 Å². The fourth-order valence-corrected chi connectivity index (χ4v) is 1.54. The van der Waals surface area contributed by atoms with Crippen LogP contribution in [-0.2, 0) is 4.79 Å². The third-order valence-corrected chi connectivity index (χ3v) is 2.14. The molecule has 0 unspecified atom stereocenters. The number of ketones is 1. The Labute approximate surface area is 79.6 Å². The number of nitrogens with zero attached hydrogens (tertiary/aromatic N) is 1. The fraction of sp³-hybridized carbons (Fsp3) is 0.545. The summed E-state index contributed by atoms with van der Waals surface area (Å²) < 4.78 is 0. The lowest BCUT2D eigenvalue weighted by atomic mass is 10.3. The monoisotopic (exact) mass is 177 g/mol. The molecule has 1 rings (SSSR count). The lowest BCUT2D eigenvalue weighted by molar-refractivity contribution is -0.114. The molecule has 70 valence electrons. The average molecular weight is 177 g/mol. The van der Waals surface area contributed by atoms with Crippen LogP contribution in [0.25, 0.3) is 0 Å². The molecule has 0 heterocycles. The molecule has 13 heavy (non-hydrogen) atoms. The summed E-state index contributed by atoms with van der Waals surface area (Å²) in [4.78, 5) is 13.1. The molecule has 1 aliphatic rings. The van der Waals surface area contributed by atoms with Crippen LogP contribution in [0.5, 0.6) is 0 Å². The minimum atomic E-state index is 0.230. The molecule has 2 heteroatoms. The molecule has 0 radical (unpaired) electrons. The first-order valence-corrected chi connectivity index (χ1v) is 4.69. The number of carbonyl (C=O) groups excluding carboxylic acids is 1. The van der Waals surface area contributed by atoms with Gasteiger partial charge in [0.1, 0.15) is 0 Å². The molecule has 2 nitrogen and oxygen atoms in total. The summed E-state index contributed by atoms with van der Waals surface area (Å²) in [6.45, 7) is 3.68. The summed E-state index contributed by atoms with van der Waals surface area (Å²) in [7, 11) is 0. The predicted molar refractivity (Wildman–Crippen MR) is 53.0 cm³/mol. The highest BCUT2D eigenvalue weighted by Crippen LogP contribution is 2.18. The van der Waals surface area contributed by atoms with Crippen molar-refractivity contribution in [1.29, 1.82) is 0 Å². The summed E-state index contributed by atoms with van der Waals surface area (Å²) in [5.74, 6) is 2.85. The molecule has 0 aromatic carbocycles. The molecule has 0 amide bonds. The zero-order valence-corrected chi connectivity index (χ0v) is 8.05. The van der Waals surface area contributed by atoms with Gasteiger partial charge in [-0.1, -0.05) is 12.8 Å².